The molecule has 0 radical (unpaired) electrons. The van der Waals surface area contributed by atoms with Gasteiger partial charge in [0.25, 0.3) is 0 Å². The van der Waals surface area contributed by atoms with E-state index in [0.29, 0.717) is 11.6 Å². The molecule has 1 amide bonds. The van der Waals surface area contributed by atoms with Crippen LogP contribution in [0.15, 0.2) is 18.3 Å². The van der Waals surface area contributed by atoms with Crippen LogP contribution in [0.4, 0.5) is 5.82 Å². The zero-order valence-corrected chi connectivity index (χ0v) is 7.93. The molecule has 1 rings (SSSR count). The van der Waals surface area contributed by atoms with Crippen molar-refractivity contribution in [3.63, 3.8) is 0 Å². The lowest BCUT2D eigenvalue weighted by atomic mass is 10.2. The van der Waals surface area contributed by atoms with E-state index >= 15 is 0 Å². The van der Waals surface area contributed by atoms with Crippen LogP contribution in [0.5, 0.6) is 5.75 Å². The second-order valence-corrected chi connectivity index (χ2v) is 3.00. The van der Waals surface area contributed by atoms with Crippen LogP contribution in [0, 0.1) is 5.92 Å². The van der Waals surface area contributed by atoms with Crippen LogP contribution in [-0.2, 0) is 4.79 Å². The summed E-state index contributed by atoms with van der Waals surface area (Å²) in [5.41, 5.74) is 10.6. The number of pyridine rings is 1. The molecule has 4 N–H and O–H groups in total. The highest BCUT2D eigenvalue weighted by Crippen LogP contribution is 2.17. The Morgan fingerprint density at radius 2 is 2.43 bits per heavy atom. The number of ether oxygens (including phenoxy) is 1. The first kappa shape index (κ1) is 10.3. The number of nitrogens with two attached hydrogens (primary N) is 2. The maximum Gasteiger partial charge on any atom is 0.223 e. The summed E-state index contributed by atoms with van der Waals surface area (Å²) in [6.45, 7) is 1.90. The van der Waals surface area contributed by atoms with Crippen molar-refractivity contribution in [3.05, 3.63) is 18.3 Å². The summed E-state index contributed by atoms with van der Waals surface area (Å²) in [7, 11) is 0. The maximum absolute atomic E-state index is 10.7. The second-order valence-electron chi connectivity index (χ2n) is 3.00. The molecule has 1 aromatic heterocycles. The van der Waals surface area contributed by atoms with Gasteiger partial charge in [-0.1, -0.05) is 6.92 Å². The molecule has 0 aliphatic rings. The lowest BCUT2D eigenvalue weighted by Gasteiger charge is -2.10. The molecule has 0 bridgehead atoms. The Hall–Kier alpha value is -1.78. The minimum absolute atomic E-state index is 0.214. The van der Waals surface area contributed by atoms with Crippen molar-refractivity contribution in [1.29, 1.82) is 0 Å². The highest BCUT2D eigenvalue weighted by atomic mass is 16.5. The Morgan fingerprint density at radius 1 is 1.71 bits per heavy atom. The second kappa shape index (κ2) is 4.45. The molecule has 0 fully saturated rings. The molecule has 5 nitrogen and oxygen atoms in total. The fourth-order valence-corrected chi connectivity index (χ4v) is 0.822. The first-order valence-corrected chi connectivity index (χ1v) is 4.24. The minimum atomic E-state index is -0.396. The van der Waals surface area contributed by atoms with E-state index in [1.807, 2.05) is 0 Å². The van der Waals surface area contributed by atoms with Gasteiger partial charge in [-0.3, -0.25) is 4.79 Å². The topological polar surface area (TPSA) is 91.2 Å². The van der Waals surface area contributed by atoms with Crippen LogP contribution in [0.1, 0.15) is 6.92 Å². The van der Waals surface area contributed by atoms with Crippen molar-refractivity contribution in [2.24, 2.45) is 11.7 Å². The SMILES string of the molecule is CC(COc1cccnc1N)C(N)=O. The summed E-state index contributed by atoms with van der Waals surface area (Å²) in [4.78, 5) is 14.5. The van der Waals surface area contributed by atoms with Gasteiger partial charge in [0.2, 0.25) is 5.91 Å². The third-order valence-corrected chi connectivity index (χ3v) is 1.77. The Kier molecular flexibility index (Phi) is 3.28. The standard InChI is InChI=1S/C9H13N3O2/c1-6(9(11)13)5-14-7-3-2-4-12-8(7)10/h2-4,6H,5H2,1H3,(H2,10,12)(H2,11,13). The average molecular weight is 195 g/mol. The van der Waals surface area contributed by atoms with E-state index in [4.69, 9.17) is 16.2 Å². The molecule has 0 aliphatic heterocycles. The maximum atomic E-state index is 10.7. The van der Waals surface area contributed by atoms with Crippen molar-refractivity contribution in [2.45, 2.75) is 6.92 Å². The van der Waals surface area contributed by atoms with Gasteiger partial charge in [0, 0.05) is 6.20 Å². The largest absolute Gasteiger partial charge is 0.489 e. The molecule has 1 aromatic rings. The van der Waals surface area contributed by atoms with Gasteiger partial charge in [-0.05, 0) is 12.1 Å². The van der Waals surface area contributed by atoms with Gasteiger partial charge >= 0.3 is 0 Å². The number of primary amides is 1. The molecule has 1 atom stereocenters. The molecular formula is C9H13N3O2. The van der Waals surface area contributed by atoms with E-state index in [-0.39, 0.29) is 12.5 Å². The zero-order valence-electron chi connectivity index (χ0n) is 7.93. The summed E-state index contributed by atoms with van der Waals surface area (Å²) in [6, 6.07) is 3.40. The molecule has 0 spiro atoms. The predicted molar refractivity (Wildman–Crippen MR) is 52.5 cm³/mol. The molecule has 0 aromatic carbocycles. The van der Waals surface area contributed by atoms with Crippen LogP contribution in [0.3, 0.4) is 0 Å². The molecule has 76 valence electrons. The number of hydrogen-bond donors (Lipinski definition) is 2. The number of aromatic nitrogens is 1. The van der Waals surface area contributed by atoms with Crippen molar-refractivity contribution in [2.75, 3.05) is 12.3 Å². The molecule has 14 heavy (non-hydrogen) atoms. The highest BCUT2D eigenvalue weighted by molar-refractivity contribution is 5.76. The first-order valence-electron chi connectivity index (χ1n) is 4.24. The van der Waals surface area contributed by atoms with Crippen molar-refractivity contribution in [1.82, 2.24) is 4.98 Å². The van der Waals surface area contributed by atoms with Gasteiger partial charge < -0.3 is 16.2 Å². The minimum Gasteiger partial charge on any atom is -0.489 e. The average Bonchev–Trinajstić information content (AvgIpc) is 2.16. The van der Waals surface area contributed by atoms with Gasteiger partial charge in [-0.25, -0.2) is 4.98 Å². The number of rotatable bonds is 4. The molecule has 1 unspecified atom stereocenters. The van der Waals surface area contributed by atoms with Gasteiger partial charge in [-0.15, -0.1) is 0 Å². The fourth-order valence-electron chi connectivity index (χ4n) is 0.822. The lowest BCUT2D eigenvalue weighted by Crippen LogP contribution is -2.25. The lowest BCUT2D eigenvalue weighted by molar-refractivity contribution is -0.122. The summed E-state index contributed by atoms with van der Waals surface area (Å²) in [5.74, 6) is 0.0480. The molecule has 0 saturated carbocycles. The summed E-state index contributed by atoms with van der Waals surface area (Å²) in [6.07, 6.45) is 1.57. The molecule has 0 aliphatic carbocycles. The summed E-state index contributed by atoms with van der Waals surface area (Å²) in [5, 5.41) is 0. The number of anilines is 1. The first-order chi connectivity index (χ1) is 6.61. The Bertz CT molecular complexity index is 328. The number of carbonyl (C=O) groups excluding carboxylic acids is 1. The van der Waals surface area contributed by atoms with Gasteiger partial charge in [-0.2, -0.15) is 0 Å². The van der Waals surface area contributed by atoms with Gasteiger partial charge in [0.15, 0.2) is 11.6 Å². The predicted octanol–water partition coefficient (Wildman–Crippen LogP) is 0.164. The number of amides is 1. The zero-order chi connectivity index (χ0) is 10.6. The van der Waals surface area contributed by atoms with E-state index in [1.54, 1.807) is 25.3 Å². The van der Waals surface area contributed by atoms with Crippen LogP contribution in [-0.4, -0.2) is 17.5 Å². The quantitative estimate of drug-likeness (QED) is 0.716. The van der Waals surface area contributed by atoms with Crippen LogP contribution < -0.4 is 16.2 Å². The number of hydrogen-bond acceptors (Lipinski definition) is 4. The van der Waals surface area contributed by atoms with Crippen molar-refractivity contribution in [3.8, 4) is 5.75 Å². The highest BCUT2D eigenvalue weighted by Gasteiger charge is 2.10. The molecule has 5 heteroatoms. The third kappa shape index (κ3) is 2.62. The Morgan fingerprint density at radius 3 is 3.00 bits per heavy atom. The van der Waals surface area contributed by atoms with Crippen LogP contribution in [0.25, 0.3) is 0 Å². The van der Waals surface area contributed by atoms with Crippen molar-refractivity contribution >= 4 is 11.7 Å². The number of nitrogens with zero attached hydrogens (tertiary/aromatic N) is 1. The van der Waals surface area contributed by atoms with Crippen LogP contribution >= 0.6 is 0 Å². The summed E-state index contributed by atoms with van der Waals surface area (Å²) >= 11 is 0. The normalized spacial score (nSPS) is 12.1. The van der Waals surface area contributed by atoms with E-state index in [9.17, 15) is 4.79 Å². The number of nitrogen functional groups attached to an aromatic ring is 1. The van der Waals surface area contributed by atoms with Gasteiger partial charge in [0.05, 0.1) is 12.5 Å². The van der Waals surface area contributed by atoms with E-state index in [0.717, 1.165) is 0 Å². The van der Waals surface area contributed by atoms with Gasteiger partial charge in [0.1, 0.15) is 0 Å². The van der Waals surface area contributed by atoms with Crippen LogP contribution in [0.2, 0.25) is 0 Å². The Labute approximate surface area is 82.1 Å². The summed E-state index contributed by atoms with van der Waals surface area (Å²) < 4.78 is 5.27. The smallest absolute Gasteiger partial charge is 0.223 e. The van der Waals surface area contributed by atoms with E-state index in [1.165, 1.54) is 0 Å². The number of carbonyl (C=O) groups is 1. The van der Waals surface area contributed by atoms with E-state index < -0.39 is 5.91 Å². The van der Waals surface area contributed by atoms with Crippen molar-refractivity contribution < 1.29 is 9.53 Å². The molecular weight excluding hydrogens is 182 g/mol. The van der Waals surface area contributed by atoms with E-state index in [2.05, 4.69) is 4.98 Å². The molecule has 0 saturated heterocycles. The monoisotopic (exact) mass is 195 g/mol. The molecule has 1 heterocycles. The third-order valence-electron chi connectivity index (χ3n) is 1.77. The fraction of sp³-hybridized carbons (Fsp3) is 0.333. The Balaban J connectivity index is 2.54.